The van der Waals surface area contributed by atoms with Gasteiger partial charge in [0.25, 0.3) is 0 Å². The summed E-state index contributed by atoms with van der Waals surface area (Å²) in [7, 11) is 0. The fraction of sp³-hybridized carbons (Fsp3) is 0.385. The number of ether oxygens (including phenoxy) is 1. The van der Waals surface area contributed by atoms with Crippen molar-refractivity contribution < 1.29 is 9.26 Å². The summed E-state index contributed by atoms with van der Waals surface area (Å²) in [5.41, 5.74) is 1.07. The molecule has 0 N–H and O–H groups in total. The molecule has 4 nitrogen and oxygen atoms in total. The van der Waals surface area contributed by atoms with Gasteiger partial charge in [-0.3, -0.25) is 0 Å². The maximum Gasteiger partial charge on any atom is 0.229 e. The van der Waals surface area contributed by atoms with Gasteiger partial charge in [-0.05, 0) is 24.6 Å². The number of rotatable bonds is 4. The van der Waals surface area contributed by atoms with Gasteiger partial charge in [0.15, 0.2) is 6.61 Å². The number of hydrogen-bond acceptors (Lipinski definition) is 4. The van der Waals surface area contributed by atoms with E-state index in [2.05, 4.69) is 26.1 Å². The molecule has 96 valence electrons. The number of aromatic nitrogens is 2. The molecule has 0 saturated heterocycles. The Morgan fingerprint density at radius 3 is 2.83 bits per heavy atom. The molecule has 5 heteroatoms. The van der Waals surface area contributed by atoms with Gasteiger partial charge >= 0.3 is 0 Å². The van der Waals surface area contributed by atoms with Gasteiger partial charge in [0.05, 0.1) is 0 Å². The lowest BCUT2D eigenvalue weighted by Gasteiger charge is -2.07. The lowest BCUT2D eigenvalue weighted by atomic mass is 10.2. The highest BCUT2D eigenvalue weighted by atomic mass is 79.9. The highest BCUT2D eigenvalue weighted by Crippen LogP contribution is 2.23. The van der Waals surface area contributed by atoms with Crippen LogP contribution in [0.3, 0.4) is 0 Å². The number of halogens is 1. The first-order valence-electron chi connectivity index (χ1n) is 5.77. The molecule has 1 heterocycles. The van der Waals surface area contributed by atoms with Gasteiger partial charge < -0.3 is 9.26 Å². The minimum atomic E-state index is 0.235. The zero-order valence-corrected chi connectivity index (χ0v) is 12.2. The highest BCUT2D eigenvalue weighted by Gasteiger charge is 2.10. The Labute approximate surface area is 114 Å². The Balaban J connectivity index is 2.04. The van der Waals surface area contributed by atoms with Crippen LogP contribution in [-0.4, -0.2) is 10.1 Å². The Morgan fingerprint density at radius 2 is 2.17 bits per heavy atom. The zero-order chi connectivity index (χ0) is 13.1. The van der Waals surface area contributed by atoms with Gasteiger partial charge in [0.1, 0.15) is 5.75 Å². The van der Waals surface area contributed by atoms with E-state index in [1.807, 2.05) is 39.0 Å². The molecule has 0 fully saturated rings. The lowest BCUT2D eigenvalue weighted by molar-refractivity contribution is 0.282. The predicted molar refractivity (Wildman–Crippen MR) is 71.6 cm³/mol. The average Bonchev–Trinajstić information content (AvgIpc) is 2.79. The Hall–Kier alpha value is -1.36. The van der Waals surface area contributed by atoms with Crippen molar-refractivity contribution in [2.24, 2.45) is 0 Å². The van der Waals surface area contributed by atoms with Crippen molar-refractivity contribution >= 4 is 15.9 Å². The number of nitrogens with zero attached hydrogens (tertiary/aromatic N) is 2. The van der Waals surface area contributed by atoms with Crippen LogP contribution in [0.5, 0.6) is 5.75 Å². The van der Waals surface area contributed by atoms with Gasteiger partial charge in [0.2, 0.25) is 11.7 Å². The highest BCUT2D eigenvalue weighted by molar-refractivity contribution is 9.10. The maximum absolute atomic E-state index is 5.68. The molecule has 0 saturated carbocycles. The molecule has 2 aromatic rings. The topological polar surface area (TPSA) is 48.2 Å². The van der Waals surface area contributed by atoms with Crippen LogP contribution in [0.2, 0.25) is 0 Å². The molecule has 0 bridgehead atoms. The molecule has 1 aromatic carbocycles. The van der Waals surface area contributed by atoms with E-state index in [-0.39, 0.29) is 5.92 Å². The van der Waals surface area contributed by atoms with Gasteiger partial charge in [-0.1, -0.05) is 41.0 Å². The summed E-state index contributed by atoms with van der Waals surface area (Å²) in [5.74, 6) is 2.26. The van der Waals surface area contributed by atoms with E-state index in [1.54, 1.807) is 0 Å². The summed E-state index contributed by atoms with van der Waals surface area (Å²) in [4.78, 5) is 4.26. The largest absolute Gasteiger partial charge is 0.485 e. The molecular weight excluding hydrogens is 296 g/mol. The minimum Gasteiger partial charge on any atom is -0.485 e. The van der Waals surface area contributed by atoms with Gasteiger partial charge in [-0.15, -0.1) is 0 Å². The second-order valence-electron chi connectivity index (χ2n) is 4.40. The first kappa shape index (κ1) is 13.1. The van der Waals surface area contributed by atoms with Crippen molar-refractivity contribution in [2.45, 2.75) is 33.3 Å². The molecule has 0 atom stereocenters. The summed E-state index contributed by atoms with van der Waals surface area (Å²) in [5, 5.41) is 3.88. The lowest BCUT2D eigenvalue weighted by Crippen LogP contribution is -1.99. The summed E-state index contributed by atoms with van der Waals surface area (Å²) < 4.78 is 11.8. The first-order valence-corrected chi connectivity index (χ1v) is 6.57. The molecule has 0 aliphatic carbocycles. The fourth-order valence-electron chi connectivity index (χ4n) is 1.43. The minimum absolute atomic E-state index is 0.235. The van der Waals surface area contributed by atoms with E-state index in [4.69, 9.17) is 9.26 Å². The molecule has 0 aliphatic rings. The van der Waals surface area contributed by atoms with Crippen LogP contribution in [0.25, 0.3) is 0 Å². The third-order valence-corrected chi connectivity index (χ3v) is 2.98. The van der Waals surface area contributed by atoms with Gasteiger partial charge in [-0.25, -0.2) is 0 Å². The molecule has 18 heavy (non-hydrogen) atoms. The van der Waals surface area contributed by atoms with Crippen molar-refractivity contribution in [3.05, 3.63) is 40.0 Å². The molecule has 0 amide bonds. The van der Waals surface area contributed by atoms with Crippen molar-refractivity contribution in [2.75, 3.05) is 0 Å². The Kier molecular flexibility index (Phi) is 4.01. The van der Waals surface area contributed by atoms with Crippen LogP contribution >= 0.6 is 15.9 Å². The fourth-order valence-corrected chi connectivity index (χ4v) is 1.77. The number of hydrogen-bond donors (Lipinski definition) is 0. The molecule has 0 aliphatic heterocycles. The predicted octanol–water partition coefficient (Wildman–Crippen LogP) is 3.84. The zero-order valence-electron chi connectivity index (χ0n) is 10.6. The van der Waals surface area contributed by atoms with Crippen LogP contribution in [0.15, 0.2) is 27.2 Å². The standard InChI is InChI=1S/C13H15BrN2O2/c1-8(2)13-15-12(16-18-13)7-17-11-6-10(14)5-4-9(11)3/h4-6,8H,7H2,1-3H3. The summed E-state index contributed by atoms with van der Waals surface area (Å²) in [6.07, 6.45) is 0. The quantitative estimate of drug-likeness (QED) is 0.860. The van der Waals surface area contributed by atoms with Crippen LogP contribution < -0.4 is 4.74 Å². The van der Waals surface area contributed by atoms with Crippen LogP contribution in [-0.2, 0) is 6.61 Å². The monoisotopic (exact) mass is 310 g/mol. The SMILES string of the molecule is Cc1ccc(Br)cc1OCc1noc(C(C)C)n1. The molecule has 0 spiro atoms. The normalized spacial score (nSPS) is 10.9. The maximum atomic E-state index is 5.68. The average molecular weight is 311 g/mol. The smallest absolute Gasteiger partial charge is 0.229 e. The van der Waals surface area contributed by atoms with Crippen LogP contribution in [0.1, 0.15) is 37.0 Å². The van der Waals surface area contributed by atoms with E-state index in [0.29, 0.717) is 18.3 Å². The molecular formula is C13H15BrN2O2. The summed E-state index contributed by atoms with van der Waals surface area (Å²) >= 11 is 3.42. The van der Waals surface area contributed by atoms with Gasteiger partial charge in [-0.2, -0.15) is 4.98 Å². The van der Waals surface area contributed by atoms with Crippen LogP contribution in [0, 0.1) is 6.92 Å². The van der Waals surface area contributed by atoms with E-state index in [1.165, 1.54) is 0 Å². The molecule has 0 radical (unpaired) electrons. The number of aryl methyl sites for hydroxylation is 1. The van der Waals surface area contributed by atoms with E-state index >= 15 is 0 Å². The van der Waals surface area contributed by atoms with E-state index in [0.717, 1.165) is 15.8 Å². The molecule has 2 rings (SSSR count). The van der Waals surface area contributed by atoms with Gasteiger partial charge in [0, 0.05) is 10.4 Å². The van der Waals surface area contributed by atoms with E-state index in [9.17, 15) is 0 Å². The Bertz CT molecular complexity index is 538. The number of benzene rings is 1. The third-order valence-electron chi connectivity index (χ3n) is 2.48. The second kappa shape index (κ2) is 5.52. The molecule has 0 unspecified atom stereocenters. The summed E-state index contributed by atoms with van der Waals surface area (Å²) in [6, 6.07) is 5.90. The van der Waals surface area contributed by atoms with Crippen molar-refractivity contribution in [1.82, 2.24) is 10.1 Å². The second-order valence-corrected chi connectivity index (χ2v) is 5.32. The van der Waals surface area contributed by atoms with Crippen molar-refractivity contribution in [1.29, 1.82) is 0 Å². The van der Waals surface area contributed by atoms with E-state index < -0.39 is 0 Å². The first-order chi connectivity index (χ1) is 8.56. The summed E-state index contributed by atoms with van der Waals surface area (Å²) in [6.45, 7) is 6.33. The van der Waals surface area contributed by atoms with Crippen LogP contribution in [0.4, 0.5) is 0 Å². The van der Waals surface area contributed by atoms with Crippen molar-refractivity contribution in [3.63, 3.8) is 0 Å². The van der Waals surface area contributed by atoms with Crippen molar-refractivity contribution in [3.8, 4) is 5.75 Å². The third kappa shape index (κ3) is 3.10. The molecule has 1 aromatic heterocycles. The Morgan fingerprint density at radius 1 is 1.39 bits per heavy atom.